The molecule has 0 saturated carbocycles. The van der Waals surface area contributed by atoms with Gasteiger partial charge in [-0.3, -0.25) is 5.10 Å². The zero-order valence-corrected chi connectivity index (χ0v) is 11.1. The van der Waals surface area contributed by atoms with Gasteiger partial charge in [-0.1, -0.05) is 0 Å². The minimum absolute atomic E-state index is 0.201. The van der Waals surface area contributed by atoms with Gasteiger partial charge in [-0.2, -0.15) is 5.10 Å². The van der Waals surface area contributed by atoms with Crippen LogP contribution in [0.2, 0.25) is 0 Å². The van der Waals surface area contributed by atoms with E-state index in [0.29, 0.717) is 0 Å². The molecule has 16 heavy (non-hydrogen) atoms. The lowest BCUT2D eigenvalue weighted by Crippen LogP contribution is -2.40. The summed E-state index contributed by atoms with van der Waals surface area (Å²) in [6.07, 6.45) is 1.91. The second kappa shape index (κ2) is 5.46. The van der Waals surface area contributed by atoms with E-state index in [1.807, 2.05) is 6.20 Å². The van der Waals surface area contributed by atoms with Gasteiger partial charge in [0, 0.05) is 36.4 Å². The lowest BCUT2D eigenvalue weighted by atomic mass is 10.1. The van der Waals surface area contributed by atoms with Crippen molar-refractivity contribution in [3.8, 4) is 0 Å². The molecule has 0 saturated heterocycles. The summed E-state index contributed by atoms with van der Waals surface area (Å²) in [5, 5.41) is 10.5. The predicted octanol–water partition coefficient (Wildman–Crippen LogP) is 1.54. The van der Waals surface area contributed by atoms with E-state index in [4.69, 9.17) is 0 Å². The van der Waals surface area contributed by atoms with Crippen LogP contribution in [0.5, 0.6) is 0 Å². The molecule has 0 bridgehead atoms. The summed E-state index contributed by atoms with van der Waals surface area (Å²) in [7, 11) is 2.14. The Kier molecular flexibility index (Phi) is 4.50. The summed E-state index contributed by atoms with van der Waals surface area (Å²) < 4.78 is 0. The minimum atomic E-state index is 0.201. The number of hydrogen-bond acceptors (Lipinski definition) is 3. The van der Waals surface area contributed by atoms with Crippen LogP contribution in [0.3, 0.4) is 0 Å². The first-order chi connectivity index (χ1) is 7.38. The van der Waals surface area contributed by atoms with Gasteiger partial charge in [0.05, 0.1) is 6.20 Å². The lowest BCUT2D eigenvalue weighted by molar-refractivity contribution is 0.303. The average Bonchev–Trinajstić information content (AvgIpc) is 2.49. The Morgan fingerprint density at radius 1 is 1.44 bits per heavy atom. The number of hydrogen-bond donors (Lipinski definition) is 2. The van der Waals surface area contributed by atoms with Crippen molar-refractivity contribution in [2.75, 3.05) is 20.1 Å². The van der Waals surface area contributed by atoms with Crippen molar-refractivity contribution in [1.29, 1.82) is 0 Å². The predicted molar refractivity (Wildman–Crippen MR) is 67.4 cm³/mol. The van der Waals surface area contributed by atoms with Crippen LogP contribution in [0.4, 0.5) is 0 Å². The number of likely N-dealkylation sites (N-methyl/N-ethyl adjacent to an activating group) is 1. The molecule has 0 fully saturated rings. The van der Waals surface area contributed by atoms with Gasteiger partial charge in [-0.05, 0) is 34.7 Å². The second-order valence-electron chi connectivity index (χ2n) is 5.43. The number of aryl methyl sites for hydroxylation is 1. The van der Waals surface area contributed by atoms with E-state index in [9.17, 15) is 0 Å². The molecule has 0 spiro atoms. The van der Waals surface area contributed by atoms with Gasteiger partial charge < -0.3 is 10.2 Å². The van der Waals surface area contributed by atoms with Gasteiger partial charge in [0.2, 0.25) is 0 Å². The normalized spacial score (nSPS) is 12.4. The van der Waals surface area contributed by atoms with E-state index in [1.165, 1.54) is 5.56 Å². The van der Waals surface area contributed by atoms with Gasteiger partial charge in [-0.25, -0.2) is 0 Å². The highest BCUT2D eigenvalue weighted by molar-refractivity contribution is 5.13. The Morgan fingerprint density at radius 2 is 2.12 bits per heavy atom. The fraction of sp³-hybridized carbons (Fsp3) is 0.750. The van der Waals surface area contributed by atoms with Crippen molar-refractivity contribution in [3.63, 3.8) is 0 Å². The molecule has 92 valence electrons. The second-order valence-corrected chi connectivity index (χ2v) is 5.43. The van der Waals surface area contributed by atoms with Gasteiger partial charge in [0.1, 0.15) is 0 Å². The van der Waals surface area contributed by atoms with Crippen molar-refractivity contribution in [1.82, 2.24) is 20.4 Å². The maximum atomic E-state index is 4.03. The summed E-state index contributed by atoms with van der Waals surface area (Å²) in [5.41, 5.74) is 2.64. The van der Waals surface area contributed by atoms with Crippen LogP contribution in [0.1, 0.15) is 32.0 Å². The highest BCUT2D eigenvalue weighted by atomic mass is 15.1. The molecule has 1 aromatic rings. The van der Waals surface area contributed by atoms with Crippen LogP contribution < -0.4 is 5.32 Å². The molecule has 4 nitrogen and oxygen atoms in total. The van der Waals surface area contributed by atoms with E-state index in [-0.39, 0.29) is 5.54 Å². The summed E-state index contributed by atoms with van der Waals surface area (Å²) >= 11 is 0. The van der Waals surface area contributed by atoms with E-state index in [1.54, 1.807) is 0 Å². The van der Waals surface area contributed by atoms with Gasteiger partial charge in [0.25, 0.3) is 0 Å². The summed E-state index contributed by atoms with van der Waals surface area (Å²) in [6, 6.07) is 0. The Bertz CT molecular complexity index is 311. The molecular formula is C12H24N4. The molecule has 1 rings (SSSR count). The molecule has 0 aliphatic heterocycles. The maximum absolute atomic E-state index is 4.03. The number of rotatable bonds is 5. The van der Waals surface area contributed by atoms with Crippen LogP contribution in [-0.2, 0) is 6.54 Å². The van der Waals surface area contributed by atoms with Gasteiger partial charge in [-0.15, -0.1) is 0 Å². The van der Waals surface area contributed by atoms with Crippen LogP contribution >= 0.6 is 0 Å². The van der Waals surface area contributed by atoms with E-state index in [0.717, 1.165) is 25.3 Å². The Hall–Kier alpha value is -0.870. The minimum Gasteiger partial charge on any atom is -0.311 e. The molecule has 2 N–H and O–H groups in total. The molecule has 0 aromatic carbocycles. The third-order valence-electron chi connectivity index (χ3n) is 2.52. The van der Waals surface area contributed by atoms with Crippen LogP contribution in [0.25, 0.3) is 0 Å². The SMILES string of the molecule is Cc1[nH]ncc1CN(C)CCNC(C)(C)C. The van der Waals surface area contributed by atoms with Gasteiger partial charge >= 0.3 is 0 Å². The molecule has 1 heterocycles. The van der Waals surface area contributed by atoms with Gasteiger partial charge in [0.15, 0.2) is 0 Å². The van der Waals surface area contributed by atoms with Crippen LogP contribution in [-0.4, -0.2) is 40.8 Å². The highest BCUT2D eigenvalue weighted by Gasteiger charge is 2.09. The monoisotopic (exact) mass is 224 g/mol. The maximum Gasteiger partial charge on any atom is 0.0535 e. The fourth-order valence-corrected chi connectivity index (χ4v) is 1.53. The Labute approximate surface area is 98.4 Å². The Balaban J connectivity index is 2.26. The first-order valence-electron chi connectivity index (χ1n) is 5.81. The molecule has 0 amide bonds. The van der Waals surface area contributed by atoms with Crippen molar-refractivity contribution in [2.24, 2.45) is 0 Å². The zero-order valence-electron chi connectivity index (χ0n) is 11.1. The molecule has 1 aromatic heterocycles. The van der Waals surface area contributed by atoms with Crippen molar-refractivity contribution in [3.05, 3.63) is 17.5 Å². The van der Waals surface area contributed by atoms with E-state index in [2.05, 4.69) is 55.2 Å². The Morgan fingerprint density at radius 3 is 2.62 bits per heavy atom. The number of nitrogens with one attached hydrogen (secondary N) is 2. The highest BCUT2D eigenvalue weighted by Crippen LogP contribution is 2.05. The fourth-order valence-electron chi connectivity index (χ4n) is 1.53. The molecule has 0 unspecified atom stereocenters. The molecule has 0 atom stereocenters. The number of aromatic nitrogens is 2. The lowest BCUT2D eigenvalue weighted by Gasteiger charge is -2.23. The summed E-state index contributed by atoms with van der Waals surface area (Å²) in [6.45, 7) is 11.6. The molecule has 0 aliphatic rings. The van der Waals surface area contributed by atoms with Crippen LogP contribution in [0, 0.1) is 6.92 Å². The molecular weight excluding hydrogens is 200 g/mol. The summed E-state index contributed by atoms with van der Waals surface area (Å²) in [4.78, 5) is 2.30. The molecule has 0 radical (unpaired) electrons. The largest absolute Gasteiger partial charge is 0.311 e. The van der Waals surface area contributed by atoms with Crippen molar-refractivity contribution in [2.45, 2.75) is 39.8 Å². The molecule has 0 aliphatic carbocycles. The number of H-pyrrole nitrogens is 1. The number of nitrogens with zero attached hydrogens (tertiary/aromatic N) is 2. The van der Waals surface area contributed by atoms with E-state index >= 15 is 0 Å². The molecule has 4 heteroatoms. The standard InChI is InChI=1S/C12H24N4/c1-10-11(8-14-15-10)9-16(5)7-6-13-12(2,3)4/h8,13H,6-7,9H2,1-5H3,(H,14,15). The first-order valence-corrected chi connectivity index (χ1v) is 5.81. The van der Waals surface area contributed by atoms with Crippen LogP contribution in [0.15, 0.2) is 6.20 Å². The summed E-state index contributed by atoms with van der Waals surface area (Å²) in [5.74, 6) is 0. The van der Waals surface area contributed by atoms with Crippen molar-refractivity contribution >= 4 is 0 Å². The smallest absolute Gasteiger partial charge is 0.0535 e. The van der Waals surface area contributed by atoms with E-state index < -0.39 is 0 Å². The third-order valence-corrected chi connectivity index (χ3v) is 2.52. The quantitative estimate of drug-likeness (QED) is 0.797. The number of aromatic amines is 1. The third kappa shape index (κ3) is 4.77. The first kappa shape index (κ1) is 13.2. The average molecular weight is 224 g/mol. The van der Waals surface area contributed by atoms with Crippen molar-refractivity contribution < 1.29 is 0 Å². The topological polar surface area (TPSA) is 44.0 Å². The zero-order chi connectivity index (χ0) is 12.2.